The molecule has 7 N–H and O–H groups in total. The number of hydrogen-bond acceptors (Lipinski definition) is 8. The van der Waals surface area contributed by atoms with Gasteiger partial charge in [-0.2, -0.15) is 0 Å². The van der Waals surface area contributed by atoms with Crippen molar-refractivity contribution in [3.63, 3.8) is 0 Å². The molecule has 0 saturated heterocycles. The van der Waals surface area contributed by atoms with Gasteiger partial charge in [0.25, 0.3) is 0 Å². The fraction of sp³-hybridized carbons (Fsp3) is 0.778. The lowest BCUT2D eigenvalue weighted by molar-refractivity contribution is -0.145. The number of carbonyl (C=O) groups excluding carboxylic acids is 1. The van der Waals surface area contributed by atoms with Crippen LogP contribution in [-0.4, -0.2) is 85.1 Å². The van der Waals surface area contributed by atoms with Crippen LogP contribution >= 0.6 is 0 Å². The Morgan fingerprint density at radius 3 is 1.67 bits per heavy atom. The molecule has 0 fully saturated rings. The Morgan fingerprint density at radius 1 is 1.06 bits per heavy atom. The summed E-state index contributed by atoms with van der Waals surface area (Å²) >= 11 is 0. The van der Waals surface area contributed by atoms with Crippen LogP contribution < -0.4 is 0 Å². The van der Waals surface area contributed by atoms with E-state index in [1.54, 1.807) is 0 Å². The summed E-state index contributed by atoms with van der Waals surface area (Å²) in [6.07, 6.45) is -6.45. The van der Waals surface area contributed by atoms with Crippen LogP contribution in [0.15, 0.2) is 0 Å². The van der Waals surface area contributed by atoms with Gasteiger partial charge in [-0.1, -0.05) is 0 Å². The molecule has 0 radical (unpaired) electrons. The number of hydrogen-bond donors (Lipinski definition) is 7. The van der Waals surface area contributed by atoms with E-state index in [0.717, 1.165) is 0 Å². The summed E-state index contributed by atoms with van der Waals surface area (Å²) in [5, 5.41) is 58.8. The molecule has 0 amide bonds. The Morgan fingerprint density at radius 2 is 1.44 bits per heavy atom. The van der Waals surface area contributed by atoms with Crippen LogP contribution in [0.4, 0.5) is 0 Å². The zero-order chi connectivity index (χ0) is 14.9. The van der Waals surface area contributed by atoms with Crippen molar-refractivity contribution in [2.75, 3.05) is 13.2 Å². The average molecular weight is 270 g/mol. The summed E-state index contributed by atoms with van der Waals surface area (Å²) < 4.78 is 0. The Labute approximate surface area is 103 Å². The Balaban J connectivity index is 0. The highest BCUT2D eigenvalue weighted by Gasteiger charge is 2.28. The minimum atomic E-state index is -1.86. The van der Waals surface area contributed by atoms with Crippen LogP contribution in [-0.2, 0) is 9.59 Å². The first-order valence-corrected chi connectivity index (χ1v) is 4.88. The minimum Gasteiger partial charge on any atom is -0.479 e. The van der Waals surface area contributed by atoms with E-state index in [1.165, 1.54) is 6.92 Å². The highest BCUT2D eigenvalue weighted by Crippen LogP contribution is 2.00. The van der Waals surface area contributed by atoms with Crippen LogP contribution in [0.1, 0.15) is 6.92 Å². The molecule has 9 nitrogen and oxygen atoms in total. The maximum absolute atomic E-state index is 10.5. The third kappa shape index (κ3) is 8.06. The summed E-state index contributed by atoms with van der Waals surface area (Å²) in [7, 11) is 0. The van der Waals surface area contributed by atoms with Gasteiger partial charge in [-0.25, -0.2) is 4.79 Å². The Bertz CT molecular complexity index is 252. The van der Waals surface area contributed by atoms with Gasteiger partial charge in [-0.15, -0.1) is 0 Å². The van der Waals surface area contributed by atoms with Gasteiger partial charge in [0.05, 0.1) is 6.61 Å². The average Bonchev–Trinajstić information content (AvgIpc) is 2.35. The molecule has 108 valence electrons. The monoisotopic (exact) mass is 270 g/mol. The molecule has 0 aliphatic heterocycles. The third-order valence-electron chi connectivity index (χ3n) is 1.75. The van der Waals surface area contributed by atoms with E-state index in [2.05, 4.69) is 0 Å². The second kappa shape index (κ2) is 9.88. The molecule has 1 unspecified atom stereocenters. The molecule has 0 spiro atoms. The van der Waals surface area contributed by atoms with Crippen LogP contribution in [0.2, 0.25) is 0 Å². The normalized spacial score (nSPS) is 16.8. The number of Topliss-reactive ketones (excluding diaryl/α,β-unsaturated/α-hetero) is 1. The molecule has 0 aromatic rings. The summed E-state index contributed by atoms with van der Waals surface area (Å²) in [6, 6.07) is 0. The van der Waals surface area contributed by atoms with Crippen molar-refractivity contribution >= 4 is 11.8 Å². The Hall–Kier alpha value is -1.10. The molecule has 0 rings (SSSR count). The van der Waals surface area contributed by atoms with Gasteiger partial charge in [-0.05, 0) is 6.92 Å². The maximum Gasteiger partial charge on any atom is 0.332 e. The van der Waals surface area contributed by atoms with Crippen LogP contribution in [0, 0.1) is 0 Å². The largest absolute Gasteiger partial charge is 0.479 e. The SMILES string of the molecule is CC(O)C(=O)O.O=C(CO)[C@@H](O)[C@H](O)[C@H](O)CO. The van der Waals surface area contributed by atoms with E-state index >= 15 is 0 Å². The van der Waals surface area contributed by atoms with E-state index in [9.17, 15) is 9.59 Å². The highest BCUT2D eigenvalue weighted by molar-refractivity contribution is 5.84. The standard InChI is InChI=1S/C6H12O6.C3H6O3/c7-1-3(9)5(11)6(12)4(10)2-8;1-2(4)3(5)6/h3,5-9,11-12H,1-2H2;2,4H,1H3,(H,5,6)/t3-,5-,6-;/m1./s1. The molecule has 0 aromatic heterocycles. The maximum atomic E-state index is 10.5. The van der Waals surface area contributed by atoms with Crippen molar-refractivity contribution in [1.29, 1.82) is 0 Å². The highest BCUT2D eigenvalue weighted by atomic mass is 16.4. The minimum absolute atomic E-state index is 0.767. The predicted molar refractivity (Wildman–Crippen MR) is 56.5 cm³/mol. The molecular weight excluding hydrogens is 252 g/mol. The summed E-state index contributed by atoms with van der Waals surface area (Å²) in [5.41, 5.74) is 0. The smallest absolute Gasteiger partial charge is 0.332 e. The van der Waals surface area contributed by atoms with Crippen molar-refractivity contribution in [2.45, 2.75) is 31.3 Å². The number of carboxylic acids is 1. The first kappa shape index (κ1) is 19.2. The summed E-state index contributed by atoms with van der Waals surface area (Å²) in [4.78, 5) is 20.0. The van der Waals surface area contributed by atoms with Crippen LogP contribution in [0.5, 0.6) is 0 Å². The Kier molecular flexibility index (Phi) is 10.6. The van der Waals surface area contributed by atoms with Gasteiger partial charge in [-0.3, -0.25) is 4.79 Å². The molecule has 4 atom stereocenters. The van der Waals surface area contributed by atoms with Gasteiger partial charge < -0.3 is 35.7 Å². The number of rotatable bonds is 6. The fourth-order valence-corrected chi connectivity index (χ4v) is 0.602. The summed E-state index contributed by atoms with van der Waals surface area (Å²) in [5.74, 6) is -2.19. The van der Waals surface area contributed by atoms with Crippen molar-refractivity contribution in [3.8, 4) is 0 Å². The van der Waals surface area contributed by atoms with Crippen LogP contribution in [0.3, 0.4) is 0 Å². The van der Waals surface area contributed by atoms with Crippen molar-refractivity contribution in [3.05, 3.63) is 0 Å². The number of ketones is 1. The van der Waals surface area contributed by atoms with E-state index < -0.39 is 49.4 Å². The van der Waals surface area contributed by atoms with Gasteiger partial charge in [0.2, 0.25) is 0 Å². The molecule has 0 heterocycles. The predicted octanol–water partition coefficient (Wildman–Crippen LogP) is -3.93. The number of aliphatic hydroxyl groups is 6. The van der Waals surface area contributed by atoms with Crippen molar-refractivity contribution in [2.24, 2.45) is 0 Å². The summed E-state index contributed by atoms with van der Waals surface area (Å²) in [6.45, 7) is -0.490. The molecule has 0 aromatic carbocycles. The lowest BCUT2D eigenvalue weighted by Gasteiger charge is -2.19. The number of carboxylic acid groups (broad SMARTS) is 1. The molecular formula is C9H18O9. The number of carbonyl (C=O) groups is 2. The molecule has 9 heteroatoms. The quantitative estimate of drug-likeness (QED) is 0.254. The van der Waals surface area contributed by atoms with Crippen molar-refractivity contribution in [1.82, 2.24) is 0 Å². The van der Waals surface area contributed by atoms with Crippen LogP contribution in [0.25, 0.3) is 0 Å². The number of aliphatic hydroxyl groups excluding tert-OH is 6. The van der Waals surface area contributed by atoms with Gasteiger partial charge >= 0.3 is 5.97 Å². The lowest BCUT2D eigenvalue weighted by atomic mass is 10.1. The lowest BCUT2D eigenvalue weighted by Crippen LogP contribution is -2.44. The second-order valence-corrected chi connectivity index (χ2v) is 3.32. The fourth-order valence-electron chi connectivity index (χ4n) is 0.602. The molecule has 0 bridgehead atoms. The second-order valence-electron chi connectivity index (χ2n) is 3.32. The molecule has 0 aliphatic carbocycles. The van der Waals surface area contributed by atoms with Crippen molar-refractivity contribution < 1.29 is 45.3 Å². The molecule has 18 heavy (non-hydrogen) atoms. The zero-order valence-corrected chi connectivity index (χ0v) is 9.67. The van der Waals surface area contributed by atoms with E-state index in [4.69, 9.17) is 35.7 Å². The first-order valence-electron chi connectivity index (χ1n) is 4.88. The third-order valence-corrected chi connectivity index (χ3v) is 1.75. The number of aliphatic carboxylic acids is 1. The van der Waals surface area contributed by atoms with Gasteiger partial charge in [0.15, 0.2) is 5.78 Å². The van der Waals surface area contributed by atoms with E-state index in [-0.39, 0.29) is 0 Å². The molecule has 0 aliphatic rings. The molecule has 0 saturated carbocycles. The topological polar surface area (TPSA) is 176 Å². The zero-order valence-electron chi connectivity index (χ0n) is 9.67. The van der Waals surface area contributed by atoms with E-state index in [0.29, 0.717) is 0 Å². The first-order chi connectivity index (χ1) is 8.18. The van der Waals surface area contributed by atoms with E-state index in [1.807, 2.05) is 0 Å². The van der Waals surface area contributed by atoms with Gasteiger partial charge in [0.1, 0.15) is 31.0 Å². The van der Waals surface area contributed by atoms with Gasteiger partial charge in [0, 0.05) is 0 Å².